The third-order valence-corrected chi connectivity index (χ3v) is 4.89. The number of hydrogen-bond donors (Lipinski definition) is 0. The van der Waals surface area contributed by atoms with Crippen molar-refractivity contribution in [2.45, 2.75) is 51.3 Å². The van der Waals surface area contributed by atoms with Gasteiger partial charge in [-0.15, -0.1) is 0 Å². The third kappa shape index (κ3) is 2.29. The van der Waals surface area contributed by atoms with Gasteiger partial charge in [-0.05, 0) is 45.2 Å². The molecule has 1 saturated heterocycles. The van der Waals surface area contributed by atoms with Gasteiger partial charge in [-0.2, -0.15) is 15.6 Å². The first-order chi connectivity index (χ1) is 11.7. The Balaban J connectivity index is 2.13. The molecule has 0 N–H and O–H groups in total. The molecule has 1 aromatic rings. The molecule has 1 fully saturated rings. The number of hydrazone groups is 1. The molecule has 1 aromatic carbocycles. The molecule has 0 saturated carbocycles. The molecule has 2 atom stereocenters. The van der Waals surface area contributed by atoms with E-state index in [0.717, 1.165) is 11.1 Å². The zero-order chi connectivity index (χ0) is 18.5. The van der Waals surface area contributed by atoms with Crippen molar-refractivity contribution in [3.63, 3.8) is 0 Å². The molecule has 128 valence electrons. The highest BCUT2D eigenvalue weighted by atomic mass is 16.6. The van der Waals surface area contributed by atoms with Gasteiger partial charge in [0.2, 0.25) is 5.54 Å². The number of rotatable bonds is 1. The second kappa shape index (κ2) is 5.32. The normalized spacial score (nSPS) is 26.2. The van der Waals surface area contributed by atoms with Crippen LogP contribution in [0.1, 0.15) is 51.3 Å². The van der Waals surface area contributed by atoms with Crippen molar-refractivity contribution in [2.75, 3.05) is 0 Å². The van der Waals surface area contributed by atoms with Crippen LogP contribution in [-0.4, -0.2) is 28.3 Å². The number of ether oxygens (including phenoxy) is 1. The summed E-state index contributed by atoms with van der Waals surface area (Å²) in [7, 11) is 0. The quantitative estimate of drug-likeness (QED) is 0.736. The summed E-state index contributed by atoms with van der Waals surface area (Å²) in [5.74, 6) is -0.551. The van der Waals surface area contributed by atoms with Crippen LogP contribution >= 0.6 is 0 Å². The van der Waals surface area contributed by atoms with Gasteiger partial charge in [0.05, 0.1) is 12.3 Å². The number of hydrogen-bond acceptors (Lipinski definition) is 6. The zero-order valence-electron chi connectivity index (χ0n) is 14.8. The molecular formula is C19H20N4O2. The van der Waals surface area contributed by atoms with Crippen molar-refractivity contribution in [3.05, 3.63) is 35.4 Å². The van der Waals surface area contributed by atoms with Gasteiger partial charge in [-0.25, -0.2) is 0 Å². The van der Waals surface area contributed by atoms with Gasteiger partial charge >= 0.3 is 5.97 Å². The molecule has 3 rings (SSSR count). The highest BCUT2D eigenvalue weighted by Crippen LogP contribution is 2.56. The van der Waals surface area contributed by atoms with Gasteiger partial charge in [0.15, 0.2) is 0 Å². The molecule has 0 radical (unpaired) electrons. The SMILES string of the molecule is CC(C)(C)OC(=O)[C@@]1(C)C[C@H]2c3ccccc3C=NN2C1(C#N)C#N. The summed E-state index contributed by atoms with van der Waals surface area (Å²) in [6.07, 6.45) is 1.92. The van der Waals surface area contributed by atoms with E-state index in [4.69, 9.17) is 4.74 Å². The average molecular weight is 336 g/mol. The minimum Gasteiger partial charge on any atom is -0.459 e. The molecule has 0 aliphatic carbocycles. The average Bonchev–Trinajstić information content (AvgIpc) is 2.83. The number of carbonyl (C=O) groups is 1. The number of esters is 1. The molecule has 25 heavy (non-hydrogen) atoms. The zero-order valence-corrected chi connectivity index (χ0v) is 14.8. The summed E-state index contributed by atoms with van der Waals surface area (Å²) in [4.78, 5) is 13.0. The highest BCUT2D eigenvalue weighted by Gasteiger charge is 2.68. The maximum Gasteiger partial charge on any atom is 0.317 e. The van der Waals surface area contributed by atoms with E-state index >= 15 is 0 Å². The molecule has 0 bridgehead atoms. The second-order valence-corrected chi connectivity index (χ2v) is 7.71. The molecule has 6 heteroatoms. The maximum atomic E-state index is 13.0. The number of benzene rings is 1. The Morgan fingerprint density at radius 2 is 1.96 bits per heavy atom. The lowest BCUT2D eigenvalue weighted by molar-refractivity contribution is -0.168. The lowest BCUT2D eigenvalue weighted by Crippen LogP contribution is -2.54. The van der Waals surface area contributed by atoms with Crippen molar-refractivity contribution in [1.82, 2.24) is 5.01 Å². The predicted molar refractivity (Wildman–Crippen MR) is 91.1 cm³/mol. The molecule has 0 spiro atoms. The van der Waals surface area contributed by atoms with Crippen molar-refractivity contribution < 1.29 is 9.53 Å². The van der Waals surface area contributed by atoms with Gasteiger partial charge in [-0.3, -0.25) is 9.80 Å². The van der Waals surface area contributed by atoms with Gasteiger partial charge in [-0.1, -0.05) is 24.3 Å². The first-order valence-electron chi connectivity index (χ1n) is 8.17. The van der Waals surface area contributed by atoms with Gasteiger partial charge in [0, 0.05) is 0 Å². The number of fused-ring (bicyclic) bond motifs is 3. The van der Waals surface area contributed by atoms with E-state index in [-0.39, 0.29) is 12.5 Å². The fraction of sp³-hybridized carbons (Fsp3) is 0.474. The summed E-state index contributed by atoms with van der Waals surface area (Å²) in [5.41, 5.74) is -1.85. The van der Waals surface area contributed by atoms with Crippen LogP contribution in [-0.2, 0) is 9.53 Å². The van der Waals surface area contributed by atoms with E-state index in [2.05, 4.69) is 17.2 Å². The van der Waals surface area contributed by atoms with E-state index < -0.39 is 22.5 Å². The van der Waals surface area contributed by atoms with Crippen LogP contribution in [0.25, 0.3) is 0 Å². The summed E-state index contributed by atoms with van der Waals surface area (Å²) >= 11 is 0. The third-order valence-electron chi connectivity index (χ3n) is 4.89. The molecule has 0 aromatic heterocycles. The number of carbonyl (C=O) groups excluding carboxylic acids is 1. The first kappa shape index (κ1) is 17.0. The van der Waals surface area contributed by atoms with E-state index in [1.165, 1.54) is 5.01 Å². The van der Waals surface area contributed by atoms with Crippen molar-refractivity contribution in [1.29, 1.82) is 10.5 Å². The van der Waals surface area contributed by atoms with Crippen molar-refractivity contribution >= 4 is 12.2 Å². The Labute approximate surface area is 147 Å². The van der Waals surface area contributed by atoms with Gasteiger partial charge in [0.25, 0.3) is 0 Å². The molecule has 6 nitrogen and oxygen atoms in total. The molecule has 0 amide bonds. The van der Waals surface area contributed by atoms with E-state index in [1.807, 2.05) is 24.3 Å². The Bertz CT molecular complexity index is 826. The van der Waals surface area contributed by atoms with Crippen molar-refractivity contribution in [3.8, 4) is 12.1 Å². The van der Waals surface area contributed by atoms with Crippen LogP contribution in [0.4, 0.5) is 0 Å². The van der Waals surface area contributed by atoms with E-state index in [9.17, 15) is 15.3 Å². The topological polar surface area (TPSA) is 89.5 Å². The summed E-state index contributed by atoms with van der Waals surface area (Å²) in [6.45, 7) is 6.93. The molecule has 2 aliphatic rings. The van der Waals surface area contributed by atoms with Crippen LogP contribution in [0.5, 0.6) is 0 Å². The largest absolute Gasteiger partial charge is 0.459 e. The lowest BCUT2D eigenvalue weighted by atomic mass is 9.72. The summed E-state index contributed by atoms with van der Waals surface area (Å²) < 4.78 is 5.56. The minimum atomic E-state index is -1.72. The fourth-order valence-electron chi connectivity index (χ4n) is 3.57. The van der Waals surface area contributed by atoms with Crippen LogP contribution < -0.4 is 0 Å². The standard InChI is InChI=1S/C19H20N4O2/c1-17(2,3)25-16(24)18(4)9-15-14-8-6-5-7-13(14)10-22-23(15)19(18,11-20)12-21/h5-8,10,15H,9H2,1-4H3/t15-,18+/m0/s1. The first-order valence-corrected chi connectivity index (χ1v) is 8.17. The van der Waals surface area contributed by atoms with Crippen molar-refractivity contribution in [2.24, 2.45) is 10.5 Å². The molecule has 2 heterocycles. The monoisotopic (exact) mass is 336 g/mol. The lowest BCUT2D eigenvalue weighted by Gasteiger charge is -2.37. The molecule has 2 aliphatic heterocycles. The smallest absolute Gasteiger partial charge is 0.317 e. The Hall–Kier alpha value is -2.86. The fourth-order valence-corrected chi connectivity index (χ4v) is 3.57. The second-order valence-electron chi connectivity index (χ2n) is 7.71. The Morgan fingerprint density at radius 1 is 1.32 bits per heavy atom. The van der Waals surface area contributed by atoms with Crippen LogP contribution in [0.3, 0.4) is 0 Å². The van der Waals surface area contributed by atoms with Gasteiger partial charge < -0.3 is 4.74 Å². The van der Waals surface area contributed by atoms with E-state index in [1.54, 1.807) is 33.9 Å². The summed E-state index contributed by atoms with van der Waals surface area (Å²) in [5, 5.41) is 25.6. The van der Waals surface area contributed by atoms with Crippen LogP contribution in [0.15, 0.2) is 29.4 Å². The Morgan fingerprint density at radius 3 is 2.56 bits per heavy atom. The van der Waals surface area contributed by atoms with Crippen LogP contribution in [0.2, 0.25) is 0 Å². The predicted octanol–water partition coefficient (Wildman–Crippen LogP) is 2.91. The number of nitrogens with zero attached hydrogens (tertiary/aromatic N) is 4. The molecular weight excluding hydrogens is 316 g/mol. The number of nitriles is 2. The minimum absolute atomic E-state index is 0.289. The Kier molecular flexibility index (Phi) is 3.61. The van der Waals surface area contributed by atoms with Crippen LogP contribution in [0, 0.1) is 28.1 Å². The molecule has 0 unspecified atom stereocenters. The highest BCUT2D eigenvalue weighted by molar-refractivity contribution is 5.85. The summed E-state index contributed by atoms with van der Waals surface area (Å²) in [6, 6.07) is 11.5. The maximum absolute atomic E-state index is 13.0. The van der Waals surface area contributed by atoms with Gasteiger partial charge in [0.1, 0.15) is 23.2 Å². The van der Waals surface area contributed by atoms with E-state index in [0.29, 0.717) is 0 Å².